The van der Waals surface area contributed by atoms with Gasteiger partial charge in [0.25, 0.3) is 0 Å². The van der Waals surface area contributed by atoms with Gasteiger partial charge in [0.05, 0.1) is 0 Å². The molecule has 3 aliphatic rings. The Kier molecular flexibility index (Phi) is 4.25. The van der Waals surface area contributed by atoms with Crippen LogP contribution in [-0.4, -0.2) is 42.6 Å². The van der Waals surface area contributed by atoms with Gasteiger partial charge in [-0.05, 0) is 49.5 Å². The summed E-state index contributed by atoms with van der Waals surface area (Å²) in [7, 11) is 0. The summed E-state index contributed by atoms with van der Waals surface area (Å²) < 4.78 is 0. The lowest BCUT2D eigenvalue weighted by atomic mass is 10.1. The Bertz CT molecular complexity index is 535. The molecular weight excluding hydrogens is 286 g/mol. The van der Waals surface area contributed by atoms with Gasteiger partial charge in [0.15, 0.2) is 0 Å². The van der Waals surface area contributed by atoms with Gasteiger partial charge in [-0.15, -0.1) is 0 Å². The first-order chi connectivity index (χ1) is 11.3. The molecule has 0 aromatic heterocycles. The Hall–Kier alpha value is -1.55. The van der Waals surface area contributed by atoms with E-state index >= 15 is 0 Å². The van der Waals surface area contributed by atoms with Crippen molar-refractivity contribution in [2.45, 2.75) is 50.1 Å². The molecule has 2 saturated carbocycles. The zero-order chi connectivity index (χ0) is 15.6. The molecule has 4 heteroatoms. The number of carbonyl (C=O) groups is 1. The predicted molar refractivity (Wildman–Crippen MR) is 91.4 cm³/mol. The maximum Gasteiger partial charge on any atom is 0.315 e. The highest BCUT2D eigenvalue weighted by molar-refractivity contribution is 5.74. The minimum absolute atomic E-state index is 0.0218. The molecule has 1 aliphatic heterocycles. The first kappa shape index (κ1) is 15.0. The monoisotopic (exact) mass is 313 g/mol. The van der Waals surface area contributed by atoms with E-state index in [1.165, 1.54) is 24.8 Å². The maximum absolute atomic E-state index is 12.1. The van der Waals surface area contributed by atoms with Crippen LogP contribution in [0, 0.1) is 5.92 Å². The molecule has 1 aromatic carbocycles. The van der Waals surface area contributed by atoms with Crippen LogP contribution in [0.2, 0.25) is 0 Å². The second-order valence-corrected chi connectivity index (χ2v) is 7.41. The van der Waals surface area contributed by atoms with E-state index < -0.39 is 0 Å². The smallest absolute Gasteiger partial charge is 0.315 e. The third-order valence-corrected chi connectivity index (χ3v) is 5.60. The van der Waals surface area contributed by atoms with E-state index in [4.69, 9.17) is 0 Å². The van der Waals surface area contributed by atoms with E-state index in [9.17, 15) is 4.79 Å². The van der Waals surface area contributed by atoms with Gasteiger partial charge in [-0.25, -0.2) is 4.79 Å². The van der Waals surface area contributed by atoms with Crippen molar-refractivity contribution in [3.05, 3.63) is 35.9 Å². The molecule has 23 heavy (non-hydrogen) atoms. The number of likely N-dealkylation sites (tertiary alicyclic amines) is 1. The zero-order valence-corrected chi connectivity index (χ0v) is 13.7. The normalized spacial score (nSPS) is 28.3. The molecule has 1 heterocycles. The number of nitrogens with zero attached hydrogens (tertiary/aromatic N) is 1. The van der Waals surface area contributed by atoms with Crippen LogP contribution in [-0.2, 0) is 0 Å². The average molecular weight is 313 g/mol. The first-order valence-electron chi connectivity index (χ1n) is 9.13. The van der Waals surface area contributed by atoms with Gasteiger partial charge in [-0.1, -0.05) is 30.3 Å². The standard InChI is InChI=1S/C19H27N3O/c23-19(21-16-8-10-22(11-9-16)17-6-7-17)20-13-15-12-18(15)14-4-2-1-3-5-14/h1-5,15-18H,6-13H2,(H2,20,21,23)/t15-,18+/m1/s1. The highest BCUT2D eigenvalue weighted by Gasteiger charge is 2.38. The van der Waals surface area contributed by atoms with Gasteiger partial charge in [0, 0.05) is 31.7 Å². The van der Waals surface area contributed by atoms with Crippen molar-refractivity contribution in [2.24, 2.45) is 5.92 Å². The van der Waals surface area contributed by atoms with Gasteiger partial charge >= 0.3 is 6.03 Å². The molecule has 4 rings (SSSR count). The van der Waals surface area contributed by atoms with Crippen LogP contribution in [0.15, 0.2) is 30.3 Å². The molecule has 3 fully saturated rings. The average Bonchev–Trinajstić information content (AvgIpc) is 3.48. The number of urea groups is 1. The quantitative estimate of drug-likeness (QED) is 0.878. The summed E-state index contributed by atoms with van der Waals surface area (Å²) in [6.07, 6.45) is 6.15. The number of hydrogen-bond donors (Lipinski definition) is 2. The molecule has 1 aromatic rings. The van der Waals surface area contributed by atoms with E-state index in [1.807, 2.05) is 0 Å². The lowest BCUT2D eigenvalue weighted by molar-refractivity contribution is 0.186. The molecule has 0 radical (unpaired) electrons. The van der Waals surface area contributed by atoms with Crippen molar-refractivity contribution < 1.29 is 4.79 Å². The Labute approximate surface area is 138 Å². The van der Waals surface area contributed by atoms with Crippen LogP contribution in [0.25, 0.3) is 0 Å². The predicted octanol–water partition coefficient (Wildman–Crippen LogP) is 2.72. The summed E-state index contributed by atoms with van der Waals surface area (Å²) >= 11 is 0. The summed E-state index contributed by atoms with van der Waals surface area (Å²) in [5, 5.41) is 6.23. The second kappa shape index (κ2) is 6.52. The van der Waals surface area contributed by atoms with Crippen molar-refractivity contribution >= 4 is 6.03 Å². The Morgan fingerprint density at radius 3 is 2.52 bits per heavy atom. The van der Waals surface area contributed by atoms with Crippen LogP contribution in [0.4, 0.5) is 4.79 Å². The van der Waals surface area contributed by atoms with Crippen molar-refractivity contribution in [3.8, 4) is 0 Å². The zero-order valence-electron chi connectivity index (χ0n) is 13.7. The highest BCUT2D eigenvalue weighted by atomic mass is 16.2. The lowest BCUT2D eigenvalue weighted by Gasteiger charge is -2.32. The van der Waals surface area contributed by atoms with Gasteiger partial charge in [-0.2, -0.15) is 0 Å². The van der Waals surface area contributed by atoms with Crippen LogP contribution >= 0.6 is 0 Å². The number of carbonyl (C=O) groups excluding carboxylic acids is 1. The molecule has 4 nitrogen and oxygen atoms in total. The Balaban J connectivity index is 1.14. The van der Waals surface area contributed by atoms with Crippen LogP contribution in [0.5, 0.6) is 0 Å². The van der Waals surface area contributed by atoms with Crippen LogP contribution in [0.1, 0.15) is 43.6 Å². The topological polar surface area (TPSA) is 44.4 Å². The van der Waals surface area contributed by atoms with E-state index in [1.54, 1.807) is 0 Å². The van der Waals surface area contributed by atoms with Crippen LogP contribution < -0.4 is 10.6 Å². The molecule has 0 spiro atoms. The maximum atomic E-state index is 12.1. The van der Waals surface area contributed by atoms with Crippen molar-refractivity contribution in [1.29, 1.82) is 0 Å². The van der Waals surface area contributed by atoms with E-state index in [-0.39, 0.29) is 6.03 Å². The minimum atomic E-state index is 0.0218. The number of benzene rings is 1. The summed E-state index contributed by atoms with van der Waals surface area (Å²) in [5.74, 6) is 1.25. The van der Waals surface area contributed by atoms with Gasteiger partial charge in [0.2, 0.25) is 0 Å². The lowest BCUT2D eigenvalue weighted by Crippen LogP contribution is -2.48. The Morgan fingerprint density at radius 2 is 1.83 bits per heavy atom. The fraction of sp³-hybridized carbons (Fsp3) is 0.632. The second-order valence-electron chi connectivity index (χ2n) is 7.41. The number of hydrogen-bond acceptors (Lipinski definition) is 2. The Morgan fingerprint density at radius 1 is 1.09 bits per heavy atom. The first-order valence-corrected chi connectivity index (χ1v) is 9.13. The highest BCUT2D eigenvalue weighted by Crippen LogP contribution is 2.46. The molecule has 0 unspecified atom stereocenters. The van der Waals surface area contributed by atoms with Crippen molar-refractivity contribution in [3.63, 3.8) is 0 Å². The summed E-state index contributed by atoms with van der Waals surface area (Å²) in [6, 6.07) is 11.9. The number of rotatable bonds is 5. The molecule has 1 saturated heterocycles. The van der Waals surface area contributed by atoms with Crippen molar-refractivity contribution in [2.75, 3.05) is 19.6 Å². The number of amides is 2. The van der Waals surface area contributed by atoms with Crippen LogP contribution in [0.3, 0.4) is 0 Å². The molecule has 0 bridgehead atoms. The fourth-order valence-corrected chi connectivity index (χ4v) is 3.89. The van der Waals surface area contributed by atoms with E-state index in [0.29, 0.717) is 17.9 Å². The molecular formula is C19H27N3O. The number of nitrogens with one attached hydrogen (secondary N) is 2. The minimum Gasteiger partial charge on any atom is -0.338 e. The SMILES string of the molecule is O=C(NC[C@H]1C[C@H]1c1ccccc1)NC1CCN(C2CC2)CC1. The number of piperidine rings is 1. The largest absolute Gasteiger partial charge is 0.338 e. The molecule has 2 N–H and O–H groups in total. The molecule has 2 aliphatic carbocycles. The molecule has 124 valence electrons. The van der Waals surface area contributed by atoms with E-state index in [2.05, 4.69) is 45.9 Å². The third kappa shape index (κ3) is 3.86. The third-order valence-electron chi connectivity index (χ3n) is 5.60. The van der Waals surface area contributed by atoms with Gasteiger partial charge in [-0.3, -0.25) is 0 Å². The van der Waals surface area contributed by atoms with Gasteiger partial charge in [0.1, 0.15) is 0 Å². The van der Waals surface area contributed by atoms with E-state index in [0.717, 1.165) is 38.5 Å². The van der Waals surface area contributed by atoms with Crippen molar-refractivity contribution in [1.82, 2.24) is 15.5 Å². The summed E-state index contributed by atoms with van der Waals surface area (Å²) in [5.41, 5.74) is 1.41. The fourth-order valence-electron chi connectivity index (χ4n) is 3.89. The summed E-state index contributed by atoms with van der Waals surface area (Å²) in [6.45, 7) is 3.09. The molecule has 2 atom stereocenters. The van der Waals surface area contributed by atoms with Gasteiger partial charge < -0.3 is 15.5 Å². The summed E-state index contributed by atoms with van der Waals surface area (Å²) in [4.78, 5) is 14.7. The molecule has 2 amide bonds.